The van der Waals surface area contributed by atoms with E-state index in [1.165, 1.54) is 10.6 Å². The summed E-state index contributed by atoms with van der Waals surface area (Å²) in [5, 5.41) is 12.3. The van der Waals surface area contributed by atoms with Crippen LogP contribution in [0.2, 0.25) is 0 Å². The summed E-state index contributed by atoms with van der Waals surface area (Å²) in [6.45, 7) is 3.77. The Morgan fingerprint density at radius 3 is 2.86 bits per heavy atom. The molecule has 0 radical (unpaired) electrons. The molecule has 0 bridgehead atoms. The van der Waals surface area contributed by atoms with E-state index in [0.29, 0.717) is 25.2 Å². The fourth-order valence-corrected chi connectivity index (χ4v) is 3.55. The molecule has 1 aliphatic heterocycles. The Bertz CT molecular complexity index is 649. The van der Waals surface area contributed by atoms with Crippen LogP contribution in [0.15, 0.2) is 18.2 Å². The van der Waals surface area contributed by atoms with Crippen molar-refractivity contribution in [2.75, 3.05) is 19.3 Å². The molecule has 114 valence electrons. The van der Waals surface area contributed by atoms with Crippen molar-refractivity contribution < 1.29 is 8.42 Å². The number of hydrogen-bond donors (Lipinski definition) is 1. The van der Waals surface area contributed by atoms with Crippen molar-refractivity contribution in [3.63, 3.8) is 0 Å². The highest BCUT2D eigenvalue weighted by molar-refractivity contribution is 7.88. The second-order valence-corrected chi connectivity index (χ2v) is 7.58. The van der Waals surface area contributed by atoms with Gasteiger partial charge in [0.15, 0.2) is 0 Å². The van der Waals surface area contributed by atoms with Gasteiger partial charge in [-0.2, -0.15) is 5.26 Å². The van der Waals surface area contributed by atoms with E-state index in [0.717, 1.165) is 24.0 Å². The minimum atomic E-state index is -3.10. The average molecular weight is 307 g/mol. The number of nitrogens with zero attached hydrogens (tertiary/aromatic N) is 2. The number of piperidine rings is 1. The van der Waals surface area contributed by atoms with Gasteiger partial charge >= 0.3 is 0 Å². The Labute approximate surface area is 126 Å². The predicted molar refractivity (Wildman–Crippen MR) is 82.2 cm³/mol. The Morgan fingerprint density at radius 2 is 2.24 bits per heavy atom. The second-order valence-electron chi connectivity index (χ2n) is 5.60. The normalized spacial score (nSPS) is 20.1. The topological polar surface area (TPSA) is 73.2 Å². The van der Waals surface area contributed by atoms with Crippen molar-refractivity contribution in [2.45, 2.75) is 32.4 Å². The molecule has 0 aliphatic carbocycles. The lowest BCUT2D eigenvalue weighted by Crippen LogP contribution is -2.47. The molecule has 1 aromatic rings. The minimum Gasteiger partial charge on any atom is -0.309 e. The molecule has 6 heteroatoms. The number of aryl methyl sites for hydroxylation is 1. The maximum Gasteiger partial charge on any atom is 0.211 e. The number of hydrogen-bond acceptors (Lipinski definition) is 4. The third-order valence-electron chi connectivity index (χ3n) is 3.86. The lowest BCUT2D eigenvalue weighted by molar-refractivity contribution is 0.284. The molecule has 1 saturated heterocycles. The van der Waals surface area contributed by atoms with Gasteiger partial charge in [-0.25, -0.2) is 12.7 Å². The van der Waals surface area contributed by atoms with Crippen LogP contribution < -0.4 is 5.32 Å². The molecule has 1 aliphatic rings. The Morgan fingerprint density at radius 1 is 1.48 bits per heavy atom. The van der Waals surface area contributed by atoms with E-state index in [1.807, 2.05) is 25.1 Å². The summed E-state index contributed by atoms with van der Waals surface area (Å²) < 4.78 is 24.7. The minimum absolute atomic E-state index is 0.185. The van der Waals surface area contributed by atoms with Crippen LogP contribution in [0.1, 0.15) is 29.5 Å². The van der Waals surface area contributed by atoms with Gasteiger partial charge in [-0.3, -0.25) is 0 Å². The molecule has 1 atom stereocenters. The fraction of sp³-hybridized carbons (Fsp3) is 0.533. The molecular formula is C15H21N3O2S. The lowest BCUT2D eigenvalue weighted by Gasteiger charge is -2.31. The van der Waals surface area contributed by atoms with E-state index in [4.69, 9.17) is 5.26 Å². The largest absolute Gasteiger partial charge is 0.309 e. The van der Waals surface area contributed by atoms with Crippen molar-refractivity contribution in [2.24, 2.45) is 0 Å². The maximum absolute atomic E-state index is 11.6. The molecule has 0 spiro atoms. The van der Waals surface area contributed by atoms with Crippen LogP contribution >= 0.6 is 0 Å². The van der Waals surface area contributed by atoms with E-state index >= 15 is 0 Å². The van der Waals surface area contributed by atoms with Crippen LogP contribution in [-0.4, -0.2) is 38.1 Å². The molecule has 0 amide bonds. The number of sulfonamides is 1. The van der Waals surface area contributed by atoms with Crippen molar-refractivity contribution in [1.82, 2.24) is 9.62 Å². The third kappa shape index (κ3) is 4.27. The zero-order valence-electron chi connectivity index (χ0n) is 12.5. The van der Waals surface area contributed by atoms with Crippen molar-refractivity contribution in [1.29, 1.82) is 5.26 Å². The van der Waals surface area contributed by atoms with Crippen LogP contribution in [0.3, 0.4) is 0 Å². The van der Waals surface area contributed by atoms with Crippen LogP contribution in [0.25, 0.3) is 0 Å². The number of nitrogens with one attached hydrogen (secondary N) is 1. The van der Waals surface area contributed by atoms with Crippen LogP contribution in [-0.2, 0) is 16.6 Å². The molecule has 2 rings (SSSR count). The first-order chi connectivity index (χ1) is 9.90. The van der Waals surface area contributed by atoms with E-state index in [1.54, 1.807) is 0 Å². The monoisotopic (exact) mass is 307 g/mol. The summed E-state index contributed by atoms with van der Waals surface area (Å²) in [5.41, 5.74) is 2.78. The number of nitriles is 1. The summed E-state index contributed by atoms with van der Waals surface area (Å²) in [6, 6.07) is 8.11. The van der Waals surface area contributed by atoms with Gasteiger partial charge in [0.2, 0.25) is 10.0 Å². The highest BCUT2D eigenvalue weighted by atomic mass is 32.2. The Balaban J connectivity index is 1.94. The standard InChI is InChI=1S/C15H21N3O2S/c1-12-8-13(5-6-14(12)9-16)10-17-15-4-3-7-18(11-15)21(2,19)20/h5-6,8,15,17H,3-4,7,10-11H2,1-2H3. The molecule has 0 aromatic heterocycles. The quantitative estimate of drug-likeness (QED) is 0.912. The first-order valence-electron chi connectivity index (χ1n) is 7.08. The van der Waals surface area contributed by atoms with Gasteiger partial charge in [-0.05, 0) is 37.0 Å². The predicted octanol–water partition coefficient (Wildman–Crippen LogP) is 1.38. The van der Waals surface area contributed by atoms with Gasteiger partial charge in [0.1, 0.15) is 0 Å². The van der Waals surface area contributed by atoms with Crippen molar-refractivity contribution in [3.05, 3.63) is 34.9 Å². The van der Waals surface area contributed by atoms with Crippen LogP contribution in [0, 0.1) is 18.3 Å². The molecule has 1 N–H and O–H groups in total. The first-order valence-corrected chi connectivity index (χ1v) is 8.93. The number of rotatable bonds is 4. The van der Waals surface area contributed by atoms with Crippen molar-refractivity contribution in [3.8, 4) is 6.07 Å². The molecular weight excluding hydrogens is 286 g/mol. The van der Waals surface area contributed by atoms with E-state index in [9.17, 15) is 8.42 Å². The molecule has 1 heterocycles. The molecule has 1 fully saturated rings. The SMILES string of the molecule is Cc1cc(CNC2CCCN(S(C)(=O)=O)C2)ccc1C#N. The van der Waals surface area contributed by atoms with E-state index in [2.05, 4.69) is 11.4 Å². The summed E-state index contributed by atoms with van der Waals surface area (Å²) in [5.74, 6) is 0. The first kappa shape index (κ1) is 16.0. The van der Waals surface area contributed by atoms with E-state index in [-0.39, 0.29) is 6.04 Å². The van der Waals surface area contributed by atoms with Gasteiger partial charge in [0, 0.05) is 25.7 Å². The molecule has 21 heavy (non-hydrogen) atoms. The van der Waals surface area contributed by atoms with Crippen LogP contribution in [0.5, 0.6) is 0 Å². The second kappa shape index (κ2) is 6.56. The summed E-state index contributed by atoms with van der Waals surface area (Å²) >= 11 is 0. The van der Waals surface area contributed by atoms with Gasteiger partial charge in [-0.1, -0.05) is 12.1 Å². The molecule has 0 saturated carbocycles. The average Bonchev–Trinajstić information content (AvgIpc) is 2.45. The highest BCUT2D eigenvalue weighted by Crippen LogP contribution is 2.15. The van der Waals surface area contributed by atoms with E-state index < -0.39 is 10.0 Å². The zero-order chi connectivity index (χ0) is 15.5. The fourth-order valence-electron chi connectivity index (χ4n) is 2.63. The van der Waals surface area contributed by atoms with Gasteiger partial charge in [-0.15, -0.1) is 0 Å². The summed E-state index contributed by atoms with van der Waals surface area (Å²) in [7, 11) is -3.10. The lowest BCUT2D eigenvalue weighted by atomic mass is 10.0. The van der Waals surface area contributed by atoms with Gasteiger partial charge in [0.05, 0.1) is 17.9 Å². The van der Waals surface area contributed by atoms with Gasteiger partial charge in [0.25, 0.3) is 0 Å². The molecule has 1 aromatic carbocycles. The maximum atomic E-state index is 11.6. The smallest absolute Gasteiger partial charge is 0.211 e. The summed E-state index contributed by atoms with van der Waals surface area (Å²) in [6.07, 6.45) is 3.14. The highest BCUT2D eigenvalue weighted by Gasteiger charge is 2.25. The Hall–Kier alpha value is -1.42. The Kier molecular flexibility index (Phi) is 4.99. The number of benzene rings is 1. The third-order valence-corrected chi connectivity index (χ3v) is 5.13. The van der Waals surface area contributed by atoms with Crippen LogP contribution in [0.4, 0.5) is 0 Å². The molecule has 1 unspecified atom stereocenters. The zero-order valence-corrected chi connectivity index (χ0v) is 13.3. The van der Waals surface area contributed by atoms with Gasteiger partial charge < -0.3 is 5.32 Å². The van der Waals surface area contributed by atoms with Crippen molar-refractivity contribution >= 4 is 10.0 Å². The summed E-state index contributed by atoms with van der Waals surface area (Å²) in [4.78, 5) is 0. The molecule has 5 nitrogen and oxygen atoms in total.